The number of hydrogen-bond donors (Lipinski definition) is 0. The first-order valence-corrected chi connectivity index (χ1v) is 13.4. The van der Waals surface area contributed by atoms with E-state index in [4.69, 9.17) is 28.7 Å². The van der Waals surface area contributed by atoms with Crippen molar-refractivity contribution >= 4 is 29.4 Å². The van der Waals surface area contributed by atoms with E-state index in [9.17, 15) is 14.4 Å². The summed E-state index contributed by atoms with van der Waals surface area (Å²) in [4.78, 5) is 48.7. The van der Waals surface area contributed by atoms with Crippen LogP contribution in [-0.4, -0.2) is 76.7 Å². The van der Waals surface area contributed by atoms with Crippen molar-refractivity contribution in [1.29, 1.82) is 0 Å². The molecule has 1 saturated heterocycles. The van der Waals surface area contributed by atoms with E-state index in [1.807, 2.05) is 29.2 Å². The zero-order valence-electron chi connectivity index (χ0n) is 24.3. The molecule has 0 aromatic heterocycles. The number of amidine groups is 1. The van der Waals surface area contributed by atoms with Gasteiger partial charge in [-0.25, -0.2) is 14.6 Å². The van der Waals surface area contributed by atoms with Gasteiger partial charge in [0.05, 0.1) is 59.1 Å². The number of nitrogens with zero attached hydrogens (tertiary/aromatic N) is 3. The van der Waals surface area contributed by atoms with E-state index in [1.54, 1.807) is 23.1 Å². The average molecular weight is 576 g/mol. The van der Waals surface area contributed by atoms with Crippen LogP contribution in [0.1, 0.15) is 24.0 Å². The topological polar surface area (TPSA) is 116 Å². The Morgan fingerprint density at radius 2 is 1.69 bits per heavy atom. The van der Waals surface area contributed by atoms with E-state index in [0.29, 0.717) is 41.6 Å². The summed E-state index contributed by atoms with van der Waals surface area (Å²) in [5.74, 6) is -0.0539. The molecule has 220 valence electrons. The highest BCUT2D eigenvalue weighted by molar-refractivity contribution is 6.15. The van der Waals surface area contributed by atoms with E-state index in [0.717, 1.165) is 11.3 Å². The molecule has 3 aliphatic rings. The van der Waals surface area contributed by atoms with E-state index in [-0.39, 0.29) is 30.1 Å². The lowest BCUT2D eigenvalue weighted by Crippen LogP contribution is -2.63. The van der Waals surface area contributed by atoms with Crippen LogP contribution in [0.3, 0.4) is 0 Å². The minimum Gasteiger partial charge on any atom is -0.493 e. The molecule has 0 radical (unpaired) electrons. The molecule has 0 N–H and O–H groups in total. The van der Waals surface area contributed by atoms with Gasteiger partial charge in [-0.1, -0.05) is 24.3 Å². The molecular weight excluding hydrogens is 542 g/mol. The van der Waals surface area contributed by atoms with Crippen molar-refractivity contribution in [1.82, 2.24) is 4.90 Å². The number of carbonyl (C=O) groups excluding carboxylic acids is 3. The number of carbonyl (C=O) groups is 3. The fourth-order valence-corrected chi connectivity index (χ4v) is 6.42. The minimum absolute atomic E-state index is 0.0771. The maximum absolute atomic E-state index is 13.7. The molecule has 0 bridgehead atoms. The van der Waals surface area contributed by atoms with E-state index >= 15 is 0 Å². The number of rotatable bonds is 9. The third-order valence-electron chi connectivity index (χ3n) is 8.08. The Bertz CT molecular complexity index is 1500. The monoisotopic (exact) mass is 575 g/mol. The summed E-state index contributed by atoms with van der Waals surface area (Å²) >= 11 is 0. The second-order valence-electron chi connectivity index (χ2n) is 10.0. The van der Waals surface area contributed by atoms with Crippen LogP contribution in [0, 0.1) is 0 Å². The van der Waals surface area contributed by atoms with Crippen molar-refractivity contribution in [2.75, 3.05) is 47.0 Å². The predicted molar refractivity (Wildman–Crippen MR) is 154 cm³/mol. The van der Waals surface area contributed by atoms with Crippen LogP contribution in [0.5, 0.6) is 17.2 Å². The van der Waals surface area contributed by atoms with Gasteiger partial charge in [-0.05, 0) is 35.7 Å². The van der Waals surface area contributed by atoms with Gasteiger partial charge in [0.15, 0.2) is 17.2 Å². The van der Waals surface area contributed by atoms with Crippen molar-refractivity contribution in [3.63, 3.8) is 0 Å². The van der Waals surface area contributed by atoms with Crippen LogP contribution in [-0.2, 0) is 35.8 Å². The third-order valence-corrected chi connectivity index (χ3v) is 8.08. The number of aliphatic imine (C=N–C) groups is 1. The second kappa shape index (κ2) is 11.2. The van der Waals surface area contributed by atoms with Crippen molar-refractivity contribution in [3.05, 3.63) is 71.5 Å². The van der Waals surface area contributed by atoms with Gasteiger partial charge in [0.25, 0.3) is 0 Å². The summed E-state index contributed by atoms with van der Waals surface area (Å²) in [6, 6.07) is 10.6. The summed E-state index contributed by atoms with van der Waals surface area (Å²) in [5, 5.41) is 0. The number of hydrogen-bond acceptors (Lipinski definition) is 10. The highest BCUT2D eigenvalue weighted by Crippen LogP contribution is 2.56. The number of likely N-dealkylation sites (tertiary alicyclic amines) is 1. The third kappa shape index (κ3) is 4.18. The summed E-state index contributed by atoms with van der Waals surface area (Å²) in [6.45, 7) is 4.39. The summed E-state index contributed by atoms with van der Waals surface area (Å²) in [6.07, 6.45) is 2.27. The number of esters is 2. The normalized spacial score (nSPS) is 20.6. The Hall–Kier alpha value is -4.80. The van der Waals surface area contributed by atoms with Crippen LogP contribution >= 0.6 is 0 Å². The van der Waals surface area contributed by atoms with Gasteiger partial charge in [0.2, 0.25) is 11.7 Å². The first-order valence-electron chi connectivity index (χ1n) is 13.4. The largest absolute Gasteiger partial charge is 0.493 e. The molecule has 11 heteroatoms. The smallest absolute Gasteiger partial charge is 0.357 e. The molecular formula is C31H33N3O8. The zero-order chi connectivity index (χ0) is 30.2. The molecule has 1 unspecified atom stereocenters. The zero-order valence-corrected chi connectivity index (χ0v) is 24.3. The number of piperidine rings is 1. The molecule has 1 fully saturated rings. The number of para-hydroxylation sites is 1. The fourth-order valence-electron chi connectivity index (χ4n) is 6.42. The molecule has 2 atom stereocenters. The Morgan fingerprint density at radius 3 is 2.29 bits per heavy atom. The molecule has 2 aromatic rings. The first-order chi connectivity index (χ1) is 20.3. The Morgan fingerprint density at radius 1 is 1.02 bits per heavy atom. The number of benzene rings is 2. The van der Waals surface area contributed by atoms with Crippen LogP contribution in [0.25, 0.3) is 0 Å². The molecule has 1 spiro atoms. The Labute approximate surface area is 243 Å². The number of fused-ring (bicyclic) bond motifs is 1. The van der Waals surface area contributed by atoms with E-state index in [1.165, 1.54) is 35.5 Å². The fraction of sp³-hybridized carbons (Fsp3) is 0.355. The van der Waals surface area contributed by atoms with Crippen molar-refractivity contribution < 1.29 is 38.1 Å². The molecule has 0 aliphatic carbocycles. The molecule has 42 heavy (non-hydrogen) atoms. The molecule has 3 heterocycles. The Balaban J connectivity index is 1.78. The SMILES string of the molecule is C=CCN1c2ccccc2[C@]23CCC(=O)N(Cc4cc(OC)c(OC)c(OC)c4)C2=NC(C(=O)OC)=C(C(=O)OC)C13. The van der Waals surface area contributed by atoms with Gasteiger partial charge in [0.1, 0.15) is 5.84 Å². The lowest BCUT2D eigenvalue weighted by atomic mass is 9.65. The van der Waals surface area contributed by atoms with E-state index in [2.05, 4.69) is 6.58 Å². The van der Waals surface area contributed by atoms with E-state index < -0.39 is 23.4 Å². The lowest BCUT2D eigenvalue weighted by molar-refractivity contribution is -0.140. The summed E-state index contributed by atoms with van der Waals surface area (Å²) < 4.78 is 26.8. The minimum atomic E-state index is -0.949. The lowest BCUT2D eigenvalue weighted by Gasteiger charge is -2.48. The van der Waals surface area contributed by atoms with Gasteiger partial charge in [-0.15, -0.1) is 6.58 Å². The van der Waals surface area contributed by atoms with Gasteiger partial charge in [-0.3, -0.25) is 9.69 Å². The number of ether oxygens (including phenoxy) is 5. The van der Waals surface area contributed by atoms with Crippen molar-refractivity contribution in [3.8, 4) is 17.2 Å². The number of methoxy groups -OCH3 is 5. The number of anilines is 1. The van der Waals surface area contributed by atoms with Crippen LogP contribution in [0.4, 0.5) is 5.69 Å². The standard InChI is InChI=1S/C31H33N3O8/c1-7-14-33-20-11-9-8-10-19(20)31-13-12-23(35)34(17-18-15-21(38-2)26(40-4)22(16-18)39-3)30(31)32-25(29(37)42-6)24(27(31)33)28(36)41-5/h7-11,15-16,27H,1,12-14,17H2,2-6H3/t27?,31-/m0/s1. The van der Waals surface area contributed by atoms with Crippen LogP contribution in [0.2, 0.25) is 0 Å². The van der Waals surface area contributed by atoms with Crippen LogP contribution < -0.4 is 19.1 Å². The first kappa shape index (κ1) is 28.7. The number of amides is 1. The summed E-state index contributed by atoms with van der Waals surface area (Å²) in [5.41, 5.74) is 1.35. The van der Waals surface area contributed by atoms with Crippen molar-refractivity contribution in [2.45, 2.75) is 30.8 Å². The van der Waals surface area contributed by atoms with Gasteiger partial charge < -0.3 is 28.6 Å². The molecule has 1 amide bonds. The maximum atomic E-state index is 13.7. The molecule has 2 aromatic carbocycles. The van der Waals surface area contributed by atoms with Gasteiger partial charge in [0, 0.05) is 18.7 Å². The van der Waals surface area contributed by atoms with Crippen LogP contribution in [0.15, 0.2) is 65.3 Å². The highest BCUT2D eigenvalue weighted by atomic mass is 16.5. The Kier molecular flexibility index (Phi) is 7.68. The average Bonchev–Trinajstić information content (AvgIpc) is 3.29. The predicted octanol–water partition coefficient (Wildman–Crippen LogP) is 3.16. The van der Waals surface area contributed by atoms with Crippen molar-refractivity contribution in [2.24, 2.45) is 4.99 Å². The van der Waals surface area contributed by atoms with Gasteiger partial charge >= 0.3 is 11.9 Å². The molecule has 5 rings (SSSR count). The maximum Gasteiger partial charge on any atom is 0.357 e. The molecule has 0 saturated carbocycles. The second-order valence-corrected chi connectivity index (χ2v) is 10.0. The quantitative estimate of drug-likeness (QED) is 0.328. The molecule has 3 aliphatic heterocycles. The summed E-state index contributed by atoms with van der Waals surface area (Å²) in [7, 11) is 7.03. The van der Waals surface area contributed by atoms with Gasteiger partial charge in [-0.2, -0.15) is 0 Å². The highest BCUT2D eigenvalue weighted by Gasteiger charge is 2.63. The molecule has 11 nitrogen and oxygen atoms in total.